The van der Waals surface area contributed by atoms with E-state index in [0.29, 0.717) is 5.56 Å². The number of aromatic amines is 1. The van der Waals surface area contributed by atoms with Crippen molar-refractivity contribution in [1.82, 2.24) is 20.9 Å². The van der Waals surface area contributed by atoms with Crippen molar-refractivity contribution >= 4 is 40.5 Å². The van der Waals surface area contributed by atoms with Gasteiger partial charge in [0, 0.05) is 23.5 Å². The average Bonchev–Trinajstić information content (AvgIpc) is 3.19. The first-order valence-electron chi connectivity index (χ1n) is 10.4. The van der Waals surface area contributed by atoms with E-state index in [1.807, 2.05) is 18.2 Å². The maximum Gasteiger partial charge on any atom is 0.325 e. The van der Waals surface area contributed by atoms with Crippen LogP contribution in [0.1, 0.15) is 18.9 Å². The molecule has 13 heteroatoms. The summed E-state index contributed by atoms with van der Waals surface area (Å²) in [5, 5.41) is 25.9. The maximum atomic E-state index is 12.9. The summed E-state index contributed by atoms with van der Waals surface area (Å²) in [5.41, 5.74) is 12.1. The van der Waals surface area contributed by atoms with Gasteiger partial charge in [0.2, 0.25) is 23.6 Å². The van der Waals surface area contributed by atoms with Gasteiger partial charge in [-0.15, -0.1) is 0 Å². The third kappa shape index (κ3) is 7.02. The van der Waals surface area contributed by atoms with E-state index in [9.17, 15) is 24.0 Å². The number of aliphatic carboxylic acids is 1. The van der Waals surface area contributed by atoms with Crippen LogP contribution in [0.25, 0.3) is 10.9 Å². The second kappa shape index (κ2) is 11.8. The molecule has 0 radical (unpaired) electrons. The second-order valence-corrected chi connectivity index (χ2v) is 7.71. The van der Waals surface area contributed by atoms with E-state index < -0.39 is 66.8 Å². The Morgan fingerprint density at radius 3 is 2.24 bits per heavy atom. The number of aromatic nitrogens is 1. The van der Waals surface area contributed by atoms with Gasteiger partial charge in [0.15, 0.2) is 0 Å². The predicted octanol–water partition coefficient (Wildman–Crippen LogP) is -2.54. The first kappa shape index (κ1) is 26.3. The summed E-state index contributed by atoms with van der Waals surface area (Å²) in [6.45, 7) is 0.562. The Kier molecular flexibility index (Phi) is 9.10. The number of rotatable bonds is 12. The zero-order valence-corrected chi connectivity index (χ0v) is 18.4. The molecule has 2 rings (SSSR count). The average molecular weight is 476 g/mol. The lowest BCUT2D eigenvalue weighted by Crippen LogP contribution is -2.58. The van der Waals surface area contributed by atoms with Crippen LogP contribution in [0, 0.1) is 0 Å². The fourth-order valence-corrected chi connectivity index (χ4v) is 3.15. The van der Waals surface area contributed by atoms with Crippen molar-refractivity contribution in [2.24, 2.45) is 11.5 Å². The van der Waals surface area contributed by atoms with Gasteiger partial charge in [-0.3, -0.25) is 24.0 Å². The quantitative estimate of drug-likeness (QED) is 0.162. The molecule has 10 N–H and O–H groups in total. The number of nitrogens with one attached hydrogen (secondary N) is 4. The highest BCUT2D eigenvalue weighted by atomic mass is 16.4. The van der Waals surface area contributed by atoms with Gasteiger partial charge in [-0.25, -0.2) is 0 Å². The molecule has 0 spiro atoms. The first-order valence-corrected chi connectivity index (χ1v) is 10.4. The standard InChI is InChI=1S/C21H28N6O7/c1-10(21(33)34)25-19(31)15(6-11-8-24-14-5-3-2-4-12(11)14)27-20(32)16(7-17(23)29)26-18(30)13(22)9-28/h2-5,8,10,13,15-16,24,28H,6-7,9,22H2,1H3,(H2,23,29)(H,25,31)(H,26,30)(H,27,32)(H,33,34). The minimum Gasteiger partial charge on any atom is -0.480 e. The number of para-hydroxylation sites is 1. The molecule has 0 fully saturated rings. The molecule has 0 saturated carbocycles. The van der Waals surface area contributed by atoms with Crippen LogP contribution in [0.15, 0.2) is 30.5 Å². The van der Waals surface area contributed by atoms with Gasteiger partial charge in [-0.1, -0.05) is 18.2 Å². The van der Waals surface area contributed by atoms with Crippen molar-refractivity contribution in [2.75, 3.05) is 6.61 Å². The van der Waals surface area contributed by atoms with Crippen molar-refractivity contribution in [1.29, 1.82) is 0 Å². The fourth-order valence-electron chi connectivity index (χ4n) is 3.15. The molecule has 184 valence electrons. The van der Waals surface area contributed by atoms with Gasteiger partial charge in [-0.05, 0) is 18.6 Å². The first-order chi connectivity index (χ1) is 16.0. The van der Waals surface area contributed by atoms with Crippen LogP contribution in [0.4, 0.5) is 0 Å². The Morgan fingerprint density at radius 1 is 1.00 bits per heavy atom. The number of primary amides is 1. The van der Waals surface area contributed by atoms with Gasteiger partial charge in [0.05, 0.1) is 13.0 Å². The number of H-pyrrole nitrogens is 1. The van der Waals surface area contributed by atoms with E-state index in [4.69, 9.17) is 21.7 Å². The van der Waals surface area contributed by atoms with Crippen LogP contribution >= 0.6 is 0 Å². The van der Waals surface area contributed by atoms with E-state index in [0.717, 1.165) is 10.9 Å². The van der Waals surface area contributed by atoms with Crippen molar-refractivity contribution in [3.8, 4) is 0 Å². The molecule has 0 aliphatic rings. The Bertz CT molecular complexity index is 1070. The van der Waals surface area contributed by atoms with Gasteiger partial charge in [-0.2, -0.15) is 0 Å². The van der Waals surface area contributed by atoms with E-state index in [1.165, 1.54) is 6.92 Å². The molecule has 0 saturated heterocycles. The molecule has 1 heterocycles. The minimum atomic E-state index is -1.47. The van der Waals surface area contributed by atoms with Gasteiger partial charge >= 0.3 is 5.97 Å². The molecule has 13 nitrogen and oxygen atoms in total. The van der Waals surface area contributed by atoms with Crippen molar-refractivity contribution in [3.05, 3.63) is 36.0 Å². The number of fused-ring (bicyclic) bond motifs is 1. The van der Waals surface area contributed by atoms with E-state index in [-0.39, 0.29) is 6.42 Å². The normalized spacial score (nSPS) is 14.4. The highest BCUT2D eigenvalue weighted by molar-refractivity contribution is 5.96. The number of hydrogen-bond donors (Lipinski definition) is 8. The lowest BCUT2D eigenvalue weighted by molar-refractivity contribution is -0.142. The zero-order chi connectivity index (χ0) is 25.4. The number of nitrogens with two attached hydrogens (primary N) is 2. The highest BCUT2D eigenvalue weighted by Crippen LogP contribution is 2.19. The lowest BCUT2D eigenvalue weighted by atomic mass is 10.0. The van der Waals surface area contributed by atoms with E-state index in [2.05, 4.69) is 20.9 Å². The van der Waals surface area contributed by atoms with Crippen molar-refractivity contribution in [2.45, 2.75) is 43.9 Å². The van der Waals surface area contributed by atoms with Gasteiger partial charge in [0.25, 0.3) is 0 Å². The SMILES string of the molecule is CC(NC(=O)C(Cc1c[nH]c2ccccc12)NC(=O)C(CC(N)=O)NC(=O)C(N)CO)C(=O)O. The summed E-state index contributed by atoms with van der Waals surface area (Å²) in [6.07, 6.45) is 1.03. The Labute approximate surface area is 194 Å². The molecule has 4 amide bonds. The van der Waals surface area contributed by atoms with Crippen LogP contribution in [0.2, 0.25) is 0 Å². The lowest BCUT2D eigenvalue weighted by Gasteiger charge is -2.24. The van der Waals surface area contributed by atoms with Gasteiger partial charge in [0.1, 0.15) is 24.2 Å². The van der Waals surface area contributed by atoms with Crippen LogP contribution in [-0.2, 0) is 30.4 Å². The molecule has 4 atom stereocenters. The van der Waals surface area contributed by atoms with Crippen LogP contribution < -0.4 is 27.4 Å². The van der Waals surface area contributed by atoms with Crippen LogP contribution in [0.5, 0.6) is 0 Å². The predicted molar refractivity (Wildman–Crippen MR) is 120 cm³/mol. The topological polar surface area (TPSA) is 230 Å². The Hall–Kier alpha value is -3.97. The molecule has 0 bridgehead atoms. The Morgan fingerprint density at radius 2 is 1.62 bits per heavy atom. The number of amides is 4. The number of carbonyl (C=O) groups excluding carboxylic acids is 4. The third-order valence-corrected chi connectivity index (χ3v) is 5.03. The molecule has 1 aromatic carbocycles. The van der Waals surface area contributed by atoms with E-state index >= 15 is 0 Å². The molecule has 0 aliphatic heterocycles. The smallest absolute Gasteiger partial charge is 0.325 e. The second-order valence-electron chi connectivity index (χ2n) is 7.71. The summed E-state index contributed by atoms with van der Waals surface area (Å²) in [6, 6.07) is 1.93. The largest absolute Gasteiger partial charge is 0.480 e. The van der Waals surface area contributed by atoms with Gasteiger partial charge < -0.3 is 42.6 Å². The highest BCUT2D eigenvalue weighted by Gasteiger charge is 2.30. The molecule has 34 heavy (non-hydrogen) atoms. The number of hydrogen-bond acceptors (Lipinski definition) is 7. The van der Waals surface area contributed by atoms with E-state index in [1.54, 1.807) is 12.3 Å². The molecule has 4 unspecified atom stereocenters. The number of aliphatic hydroxyl groups excluding tert-OH is 1. The molecule has 2 aromatic rings. The zero-order valence-electron chi connectivity index (χ0n) is 18.4. The minimum absolute atomic E-state index is 0.0265. The number of carbonyl (C=O) groups is 5. The maximum absolute atomic E-state index is 12.9. The molecular formula is C21H28N6O7. The van der Waals surface area contributed by atoms with Crippen molar-refractivity contribution in [3.63, 3.8) is 0 Å². The number of carboxylic acids is 1. The summed E-state index contributed by atoms with van der Waals surface area (Å²) in [5.74, 6) is -4.79. The summed E-state index contributed by atoms with van der Waals surface area (Å²) in [4.78, 5) is 63.5. The summed E-state index contributed by atoms with van der Waals surface area (Å²) < 4.78 is 0. The molecule has 0 aliphatic carbocycles. The number of aliphatic hydroxyl groups is 1. The molecular weight excluding hydrogens is 448 g/mol. The summed E-state index contributed by atoms with van der Waals surface area (Å²) in [7, 11) is 0. The number of carboxylic acid groups (broad SMARTS) is 1. The van der Waals surface area contributed by atoms with Crippen LogP contribution in [0.3, 0.4) is 0 Å². The Balaban J connectivity index is 2.29. The van der Waals surface area contributed by atoms with Crippen molar-refractivity contribution < 1.29 is 34.2 Å². The number of benzene rings is 1. The third-order valence-electron chi connectivity index (χ3n) is 5.03. The molecule has 1 aromatic heterocycles. The fraction of sp³-hybridized carbons (Fsp3) is 0.381. The van der Waals surface area contributed by atoms with Crippen LogP contribution in [-0.4, -0.2) is 75.6 Å². The summed E-state index contributed by atoms with van der Waals surface area (Å²) >= 11 is 0. The monoisotopic (exact) mass is 476 g/mol.